The number of rotatable bonds is 2. The number of amides is 1. The van der Waals surface area contributed by atoms with Gasteiger partial charge in [-0.25, -0.2) is 4.39 Å². The molecule has 1 N–H and O–H groups in total. The maximum atomic E-state index is 13.1. The monoisotopic (exact) mass is 292 g/mol. The summed E-state index contributed by atoms with van der Waals surface area (Å²) in [6.45, 7) is 10.4. The van der Waals surface area contributed by atoms with Crippen molar-refractivity contribution in [3.05, 3.63) is 35.1 Å². The van der Waals surface area contributed by atoms with Crippen molar-refractivity contribution in [2.45, 2.75) is 52.1 Å². The van der Waals surface area contributed by atoms with Crippen LogP contribution in [0, 0.1) is 12.7 Å². The van der Waals surface area contributed by atoms with E-state index in [2.05, 4.69) is 31.0 Å². The summed E-state index contributed by atoms with van der Waals surface area (Å²) in [6, 6.07) is 4.51. The minimum Gasteiger partial charge on any atom is -0.349 e. The number of carbonyl (C=O) groups is 1. The van der Waals surface area contributed by atoms with E-state index >= 15 is 0 Å². The Bertz CT molecular complexity index is 514. The molecule has 1 heterocycles. The molecule has 0 aromatic heterocycles. The summed E-state index contributed by atoms with van der Waals surface area (Å²) in [7, 11) is 0. The second-order valence-electron chi connectivity index (χ2n) is 6.86. The zero-order valence-electron chi connectivity index (χ0n) is 13.4. The Kier molecular flexibility index (Phi) is 4.67. The van der Waals surface area contributed by atoms with Crippen LogP contribution in [0.25, 0.3) is 0 Å². The number of nitrogens with zero attached hydrogens (tertiary/aromatic N) is 1. The fourth-order valence-electron chi connectivity index (χ4n) is 2.84. The van der Waals surface area contributed by atoms with E-state index in [1.54, 1.807) is 13.0 Å². The fourth-order valence-corrected chi connectivity index (χ4v) is 2.84. The standard InChI is InChI=1S/C17H25FN2O/c1-12-11-13(18)5-6-15(12)16(21)19-14-7-9-20(10-8-14)17(2,3)4/h5-6,11,14H,7-10H2,1-4H3,(H,19,21). The second-order valence-corrected chi connectivity index (χ2v) is 6.86. The highest BCUT2D eigenvalue weighted by atomic mass is 19.1. The van der Waals surface area contributed by atoms with Crippen molar-refractivity contribution < 1.29 is 9.18 Å². The molecule has 1 aliphatic rings. The zero-order chi connectivity index (χ0) is 15.6. The summed E-state index contributed by atoms with van der Waals surface area (Å²) in [5.41, 5.74) is 1.43. The average molecular weight is 292 g/mol. The molecule has 0 aliphatic carbocycles. The van der Waals surface area contributed by atoms with Crippen molar-refractivity contribution in [2.24, 2.45) is 0 Å². The van der Waals surface area contributed by atoms with Gasteiger partial charge in [-0.2, -0.15) is 0 Å². The predicted molar refractivity (Wildman–Crippen MR) is 83.0 cm³/mol. The molecule has 2 rings (SSSR count). The van der Waals surface area contributed by atoms with Crippen LogP contribution in [0.15, 0.2) is 18.2 Å². The normalized spacial score (nSPS) is 17.8. The van der Waals surface area contributed by atoms with Gasteiger partial charge in [0.1, 0.15) is 5.82 Å². The number of carbonyl (C=O) groups excluding carboxylic acids is 1. The summed E-state index contributed by atoms with van der Waals surface area (Å²) in [4.78, 5) is 14.7. The van der Waals surface area contributed by atoms with Gasteiger partial charge >= 0.3 is 0 Å². The Morgan fingerprint density at radius 2 is 1.90 bits per heavy atom. The molecule has 1 aromatic carbocycles. The van der Waals surface area contributed by atoms with Crippen molar-refractivity contribution in [3.8, 4) is 0 Å². The van der Waals surface area contributed by atoms with E-state index < -0.39 is 0 Å². The number of benzene rings is 1. The van der Waals surface area contributed by atoms with E-state index in [0.717, 1.165) is 25.9 Å². The van der Waals surface area contributed by atoms with Crippen molar-refractivity contribution in [3.63, 3.8) is 0 Å². The van der Waals surface area contributed by atoms with Gasteiger partial charge in [0, 0.05) is 30.2 Å². The maximum Gasteiger partial charge on any atom is 0.251 e. The summed E-state index contributed by atoms with van der Waals surface area (Å²) >= 11 is 0. The van der Waals surface area contributed by atoms with Crippen molar-refractivity contribution in [1.29, 1.82) is 0 Å². The van der Waals surface area contributed by atoms with Crippen LogP contribution in [-0.2, 0) is 0 Å². The Morgan fingerprint density at radius 1 is 1.29 bits per heavy atom. The molecule has 0 radical (unpaired) electrons. The van der Waals surface area contributed by atoms with E-state index in [4.69, 9.17) is 0 Å². The third-order valence-corrected chi connectivity index (χ3v) is 4.21. The highest BCUT2D eigenvalue weighted by Crippen LogP contribution is 2.20. The lowest BCUT2D eigenvalue weighted by Crippen LogP contribution is -2.50. The molecule has 116 valence electrons. The zero-order valence-corrected chi connectivity index (χ0v) is 13.4. The Balaban J connectivity index is 1.93. The molecule has 1 saturated heterocycles. The van der Waals surface area contributed by atoms with Gasteiger partial charge in [0.15, 0.2) is 0 Å². The smallest absolute Gasteiger partial charge is 0.251 e. The summed E-state index contributed by atoms with van der Waals surface area (Å²) in [5.74, 6) is -0.399. The third kappa shape index (κ3) is 4.03. The molecule has 0 bridgehead atoms. The Hall–Kier alpha value is -1.42. The minimum atomic E-state index is -0.303. The van der Waals surface area contributed by atoms with Crippen LogP contribution in [0.5, 0.6) is 0 Å². The van der Waals surface area contributed by atoms with Gasteiger partial charge in [-0.1, -0.05) is 0 Å². The number of aryl methyl sites for hydroxylation is 1. The molecule has 1 amide bonds. The van der Waals surface area contributed by atoms with Crippen LogP contribution in [0.2, 0.25) is 0 Å². The van der Waals surface area contributed by atoms with E-state index in [9.17, 15) is 9.18 Å². The number of halogens is 1. The summed E-state index contributed by atoms with van der Waals surface area (Å²) in [5, 5.41) is 3.08. The second kappa shape index (κ2) is 6.14. The van der Waals surface area contributed by atoms with Crippen LogP contribution < -0.4 is 5.32 Å². The summed E-state index contributed by atoms with van der Waals surface area (Å²) in [6.07, 6.45) is 1.92. The number of nitrogens with one attached hydrogen (secondary N) is 1. The molecule has 3 nitrogen and oxygen atoms in total. The van der Waals surface area contributed by atoms with E-state index in [-0.39, 0.29) is 23.3 Å². The highest BCUT2D eigenvalue weighted by molar-refractivity contribution is 5.95. The largest absolute Gasteiger partial charge is 0.349 e. The first-order chi connectivity index (χ1) is 9.77. The topological polar surface area (TPSA) is 32.3 Å². The molecule has 1 fully saturated rings. The lowest BCUT2D eigenvalue weighted by Gasteiger charge is -2.41. The van der Waals surface area contributed by atoms with Crippen molar-refractivity contribution in [1.82, 2.24) is 10.2 Å². The highest BCUT2D eigenvalue weighted by Gasteiger charge is 2.27. The van der Waals surface area contributed by atoms with Gasteiger partial charge in [-0.3, -0.25) is 9.69 Å². The number of likely N-dealkylation sites (tertiary alicyclic amines) is 1. The van der Waals surface area contributed by atoms with Gasteiger partial charge in [0.25, 0.3) is 5.91 Å². The van der Waals surface area contributed by atoms with E-state index in [1.165, 1.54) is 12.1 Å². The number of hydrogen-bond acceptors (Lipinski definition) is 2. The molecule has 4 heteroatoms. The van der Waals surface area contributed by atoms with Crippen LogP contribution >= 0.6 is 0 Å². The SMILES string of the molecule is Cc1cc(F)ccc1C(=O)NC1CCN(C(C)(C)C)CC1. The van der Waals surface area contributed by atoms with E-state index in [1.807, 2.05) is 0 Å². The van der Waals surface area contributed by atoms with Crippen LogP contribution in [0.4, 0.5) is 4.39 Å². The van der Waals surface area contributed by atoms with Crippen LogP contribution in [0.1, 0.15) is 49.5 Å². The Morgan fingerprint density at radius 3 is 2.43 bits per heavy atom. The van der Waals surface area contributed by atoms with Gasteiger partial charge < -0.3 is 5.32 Å². The quantitative estimate of drug-likeness (QED) is 0.908. The first-order valence-corrected chi connectivity index (χ1v) is 7.59. The van der Waals surface area contributed by atoms with Crippen LogP contribution in [-0.4, -0.2) is 35.5 Å². The molecular weight excluding hydrogens is 267 g/mol. The molecular formula is C17H25FN2O. The Labute approximate surface area is 126 Å². The minimum absolute atomic E-state index is 0.0956. The molecule has 21 heavy (non-hydrogen) atoms. The summed E-state index contributed by atoms with van der Waals surface area (Å²) < 4.78 is 13.1. The van der Waals surface area contributed by atoms with Gasteiger partial charge in [0.2, 0.25) is 0 Å². The number of hydrogen-bond donors (Lipinski definition) is 1. The molecule has 0 saturated carbocycles. The fraction of sp³-hybridized carbons (Fsp3) is 0.588. The first-order valence-electron chi connectivity index (χ1n) is 7.59. The third-order valence-electron chi connectivity index (χ3n) is 4.21. The molecule has 1 aliphatic heterocycles. The van der Waals surface area contributed by atoms with Gasteiger partial charge in [0.05, 0.1) is 0 Å². The lowest BCUT2D eigenvalue weighted by molar-refractivity contribution is 0.0812. The van der Waals surface area contributed by atoms with Crippen molar-refractivity contribution >= 4 is 5.91 Å². The molecule has 0 spiro atoms. The predicted octanol–water partition coefficient (Wildman–Crippen LogP) is 3.13. The van der Waals surface area contributed by atoms with E-state index in [0.29, 0.717) is 11.1 Å². The van der Waals surface area contributed by atoms with Gasteiger partial charge in [-0.05, 0) is 64.3 Å². The lowest BCUT2D eigenvalue weighted by atomic mass is 9.97. The van der Waals surface area contributed by atoms with Crippen LogP contribution in [0.3, 0.4) is 0 Å². The molecule has 0 atom stereocenters. The average Bonchev–Trinajstić information content (AvgIpc) is 2.38. The molecule has 1 aromatic rings. The number of piperidine rings is 1. The molecule has 0 unspecified atom stereocenters. The van der Waals surface area contributed by atoms with Gasteiger partial charge in [-0.15, -0.1) is 0 Å². The maximum absolute atomic E-state index is 13.1. The first kappa shape index (κ1) is 16.0. The van der Waals surface area contributed by atoms with Crippen molar-refractivity contribution in [2.75, 3.05) is 13.1 Å².